The van der Waals surface area contributed by atoms with Gasteiger partial charge < -0.3 is 10.6 Å². The van der Waals surface area contributed by atoms with E-state index in [1.54, 1.807) is 0 Å². The zero-order chi connectivity index (χ0) is 11.9. The predicted molar refractivity (Wildman–Crippen MR) is 55.9 cm³/mol. The summed E-state index contributed by atoms with van der Waals surface area (Å²) in [6.07, 6.45) is 1.22. The molecule has 86 valence electrons. The summed E-state index contributed by atoms with van der Waals surface area (Å²) < 4.78 is 26.1. The van der Waals surface area contributed by atoms with Crippen LogP contribution in [0.3, 0.4) is 0 Å². The van der Waals surface area contributed by atoms with Gasteiger partial charge in [-0.2, -0.15) is 0 Å². The second-order valence-electron chi connectivity index (χ2n) is 4.12. The van der Waals surface area contributed by atoms with E-state index in [0.717, 1.165) is 17.0 Å². The van der Waals surface area contributed by atoms with Crippen LogP contribution < -0.4 is 10.6 Å². The topological polar surface area (TPSA) is 46.3 Å². The Morgan fingerprint density at radius 3 is 2.56 bits per heavy atom. The Kier molecular flexibility index (Phi) is 2.42. The molecule has 0 unspecified atom stereocenters. The van der Waals surface area contributed by atoms with E-state index in [4.69, 9.17) is 5.73 Å². The normalized spacial score (nSPS) is 17.0. The lowest BCUT2D eigenvalue weighted by Crippen LogP contribution is -2.44. The Morgan fingerprint density at radius 2 is 2.06 bits per heavy atom. The monoisotopic (exact) mass is 226 g/mol. The highest BCUT2D eigenvalue weighted by molar-refractivity contribution is 6.01. The molecule has 1 amide bonds. The average molecular weight is 226 g/mol. The zero-order valence-corrected chi connectivity index (χ0v) is 8.84. The number of hydrogen-bond donors (Lipinski definition) is 1. The number of hydrogen-bond acceptors (Lipinski definition) is 2. The van der Waals surface area contributed by atoms with Crippen LogP contribution in [0.1, 0.15) is 12.8 Å². The Bertz CT molecular complexity index is 444. The molecule has 0 spiro atoms. The van der Waals surface area contributed by atoms with Crippen LogP contribution in [-0.2, 0) is 4.79 Å². The van der Waals surface area contributed by atoms with Crippen molar-refractivity contribution in [2.24, 2.45) is 5.73 Å². The molecule has 2 rings (SSSR count). The molecule has 0 aromatic heterocycles. The van der Waals surface area contributed by atoms with Gasteiger partial charge in [-0.05, 0) is 25.0 Å². The lowest BCUT2D eigenvalue weighted by molar-refractivity contribution is -0.120. The van der Waals surface area contributed by atoms with E-state index in [-0.39, 0.29) is 11.6 Å². The Balaban J connectivity index is 2.27. The maximum atomic E-state index is 13.4. The van der Waals surface area contributed by atoms with Gasteiger partial charge in [0.25, 0.3) is 0 Å². The van der Waals surface area contributed by atoms with Gasteiger partial charge in [0, 0.05) is 13.1 Å². The van der Waals surface area contributed by atoms with Gasteiger partial charge in [0.15, 0.2) is 0 Å². The molecule has 0 bridgehead atoms. The fourth-order valence-corrected chi connectivity index (χ4v) is 1.55. The zero-order valence-electron chi connectivity index (χ0n) is 8.84. The van der Waals surface area contributed by atoms with Gasteiger partial charge in [-0.1, -0.05) is 0 Å². The molecule has 0 heterocycles. The first-order valence-electron chi connectivity index (χ1n) is 4.96. The summed E-state index contributed by atoms with van der Waals surface area (Å²) in [5, 5.41) is 0. The van der Waals surface area contributed by atoms with E-state index in [2.05, 4.69) is 0 Å². The molecule has 2 N–H and O–H groups in total. The molecule has 1 aromatic rings. The molecular weight excluding hydrogens is 214 g/mol. The van der Waals surface area contributed by atoms with Gasteiger partial charge in [0.2, 0.25) is 5.91 Å². The third-order valence-corrected chi connectivity index (χ3v) is 2.79. The standard InChI is InChI=1S/C11H12F2N2O/c1-15(10(16)11(14)4-5-11)9-3-2-7(12)6-8(9)13/h2-3,6H,4-5,14H2,1H3. The molecule has 1 aliphatic rings. The van der Waals surface area contributed by atoms with Crippen LogP contribution in [0, 0.1) is 11.6 Å². The molecule has 1 fully saturated rings. The number of anilines is 1. The van der Waals surface area contributed by atoms with Crippen LogP contribution in [0.15, 0.2) is 18.2 Å². The SMILES string of the molecule is CN(C(=O)C1(N)CC1)c1ccc(F)cc1F. The molecule has 1 saturated carbocycles. The molecule has 1 aromatic carbocycles. The van der Waals surface area contributed by atoms with Crippen LogP contribution in [0.25, 0.3) is 0 Å². The smallest absolute Gasteiger partial charge is 0.246 e. The largest absolute Gasteiger partial charge is 0.317 e. The van der Waals surface area contributed by atoms with Crippen molar-refractivity contribution in [2.45, 2.75) is 18.4 Å². The minimum absolute atomic E-state index is 0.0446. The molecule has 3 nitrogen and oxygen atoms in total. The van der Waals surface area contributed by atoms with E-state index in [1.807, 2.05) is 0 Å². The van der Waals surface area contributed by atoms with Gasteiger partial charge in [0.05, 0.1) is 11.2 Å². The molecule has 1 aliphatic carbocycles. The Morgan fingerprint density at radius 1 is 1.44 bits per heavy atom. The van der Waals surface area contributed by atoms with Crippen molar-refractivity contribution in [3.63, 3.8) is 0 Å². The van der Waals surface area contributed by atoms with Crippen LogP contribution in [0.4, 0.5) is 14.5 Å². The lowest BCUT2D eigenvalue weighted by atomic mass is 10.2. The van der Waals surface area contributed by atoms with Crippen LogP contribution in [0.2, 0.25) is 0 Å². The second-order valence-corrected chi connectivity index (χ2v) is 4.12. The van der Waals surface area contributed by atoms with Crippen LogP contribution in [0.5, 0.6) is 0 Å². The van der Waals surface area contributed by atoms with Gasteiger partial charge in [-0.3, -0.25) is 4.79 Å². The summed E-state index contributed by atoms with van der Waals surface area (Å²) in [7, 11) is 1.44. The number of benzene rings is 1. The quantitative estimate of drug-likeness (QED) is 0.829. The number of nitrogens with zero attached hydrogens (tertiary/aromatic N) is 1. The van der Waals surface area contributed by atoms with Crippen LogP contribution in [-0.4, -0.2) is 18.5 Å². The van der Waals surface area contributed by atoms with Crippen molar-refractivity contribution in [2.75, 3.05) is 11.9 Å². The summed E-state index contributed by atoms with van der Waals surface area (Å²) in [4.78, 5) is 12.9. The third-order valence-electron chi connectivity index (χ3n) is 2.79. The number of amides is 1. The Labute approximate surface area is 91.8 Å². The first-order valence-corrected chi connectivity index (χ1v) is 4.96. The summed E-state index contributed by atoms with van der Waals surface area (Å²) >= 11 is 0. The number of halogens is 2. The predicted octanol–water partition coefficient (Wildman–Crippen LogP) is 1.42. The first-order chi connectivity index (χ1) is 7.44. The summed E-state index contributed by atoms with van der Waals surface area (Å²) in [5.74, 6) is -1.77. The van der Waals surface area contributed by atoms with Crippen molar-refractivity contribution >= 4 is 11.6 Å². The van der Waals surface area contributed by atoms with Crippen molar-refractivity contribution < 1.29 is 13.6 Å². The van der Waals surface area contributed by atoms with Gasteiger partial charge in [-0.15, -0.1) is 0 Å². The minimum atomic E-state index is -0.852. The van der Waals surface area contributed by atoms with E-state index in [9.17, 15) is 13.6 Å². The second kappa shape index (κ2) is 3.52. The van der Waals surface area contributed by atoms with Gasteiger partial charge >= 0.3 is 0 Å². The highest BCUT2D eigenvalue weighted by atomic mass is 19.1. The number of carbonyl (C=O) groups excluding carboxylic acids is 1. The summed E-state index contributed by atoms with van der Waals surface area (Å²) in [6.45, 7) is 0. The summed E-state index contributed by atoms with van der Waals surface area (Å²) in [5.41, 5.74) is 4.91. The molecule has 0 saturated heterocycles. The average Bonchev–Trinajstić information content (AvgIpc) is 2.96. The Hall–Kier alpha value is -1.49. The number of likely N-dealkylation sites (N-methyl/N-ethyl adjacent to an activating group) is 1. The fraction of sp³-hybridized carbons (Fsp3) is 0.364. The number of rotatable bonds is 2. The molecule has 0 atom stereocenters. The van der Waals surface area contributed by atoms with Gasteiger partial charge in [0.1, 0.15) is 11.6 Å². The van der Waals surface area contributed by atoms with E-state index >= 15 is 0 Å². The third kappa shape index (κ3) is 1.78. The van der Waals surface area contributed by atoms with Gasteiger partial charge in [-0.25, -0.2) is 8.78 Å². The van der Waals surface area contributed by atoms with E-state index < -0.39 is 17.2 Å². The highest BCUT2D eigenvalue weighted by Gasteiger charge is 2.48. The number of carbonyl (C=O) groups is 1. The summed E-state index contributed by atoms with van der Waals surface area (Å²) in [6, 6.07) is 3.09. The lowest BCUT2D eigenvalue weighted by Gasteiger charge is -2.21. The maximum Gasteiger partial charge on any atom is 0.246 e. The molecule has 0 radical (unpaired) electrons. The number of nitrogens with two attached hydrogens (primary N) is 1. The van der Waals surface area contributed by atoms with Crippen molar-refractivity contribution in [1.29, 1.82) is 0 Å². The molecule has 0 aliphatic heterocycles. The van der Waals surface area contributed by atoms with Crippen LogP contribution >= 0.6 is 0 Å². The van der Waals surface area contributed by atoms with Crippen molar-refractivity contribution in [1.82, 2.24) is 0 Å². The highest BCUT2D eigenvalue weighted by Crippen LogP contribution is 2.35. The van der Waals surface area contributed by atoms with E-state index in [0.29, 0.717) is 12.8 Å². The molecule has 5 heteroatoms. The first kappa shape index (κ1) is 11.0. The minimum Gasteiger partial charge on any atom is -0.317 e. The van der Waals surface area contributed by atoms with Crippen molar-refractivity contribution in [3.05, 3.63) is 29.8 Å². The molecular formula is C11H12F2N2O. The fourth-order valence-electron chi connectivity index (χ4n) is 1.55. The van der Waals surface area contributed by atoms with Crippen molar-refractivity contribution in [3.8, 4) is 0 Å². The molecule has 16 heavy (non-hydrogen) atoms. The van der Waals surface area contributed by atoms with E-state index in [1.165, 1.54) is 13.1 Å². The maximum absolute atomic E-state index is 13.4.